The van der Waals surface area contributed by atoms with Gasteiger partial charge in [-0.25, -0.2) is 17.5 Å². The molecule has 4 N–H and O–H groups in total. The second-order valence-corrected chi connectivity index (χ2v) is 20.2. The van der Waals surface area contributed by atoms with Gasteiger partial charge in [0.2, 0.25) is 27.6 Å². The quantitative estimate of drug-likeness (QED) is 0.187. The number of nitrogens with zero attached hydrogens (tertiary/aromatic N) is 2. The highest BCUT2D eigenvalue weighted by atomic mass is 32.2. The zero-order valence-corrected chi connectivity index (χ0v) is 32.8. The third-order valence-corrected chi connectivity index (χ3v) is 14.5. The first-order chi connectivity index (χ1) is 23.7. The maximum atomic E-state index is 14.5. The summed E-state index contributed by atoms with van der Waals surface area (Å²) in [7, 11) is -2.14. The fourth-order valence-corrected chi connectivity index (χ4v) is 10.2. The number of likely N-dealkylation sites (tertiary alicyclic amines) is 1. The number of hydrogen-bond acceptors (Lipinski definition) is 7. The van der Waals surface area contributed by atoms with Crippen LogP contribution in [0.4, 0.5) is 4.79 Å². The number of rotatable bonds is 15. The first kappa shape index (κ1) is 39.5. The van der Waals surface area contributed by atoms with Crippen LogP contribution in [0, 0.1) is 28.6 Å². The number of Topliss-reactive ketones (excluding diaryl/α,β-unsaturated/α-hetero) is 1. The number of piperidine rings is 1. The van der Waals surface area contributed by atoms with Crippen LogP contribution in [0.2, 0.25) is 0 Å². The zero-order valence-electron chi connectivity index (χ0n) is 32.0. The maximum absolute atomic E-state index is 14.5. The molecule has 5 unspecified atom stereocenters. The summed E-state index contributed by atoms with van der Waals surface area (Å²) in [6.07, 6.45) is 8.44. The SMILES string of the molecule is CC(C)N(C)S(=O)(=O)CC1(NC(=O)NC(C(=O)N2CC3C(C2C(=O)NC(CCC2CC2)C(=O)C(=O)NC2CC2)C3(C)C)C(C)(C)C)CCCCC1. The van der Waals surface area contributed by atoms with Crippen molar-refractivity contribution >= 4 is 39.6 Å². The molecule has 14 heteroatoms. The summed E-state index contributed by atoms with van der Waals surface area (Å²) in [5.41, 5.74) is -1.93. The van der Waals surface area contributed by atoms with E-state index in [1.807, 2.05) is 20.8 Å². The van der Waals surface area contributed by atoms with Crippen molar-refractivity contribution in [3.63, 3.8) is 0 Å². The average Bonchev–Trinajstić information content (AvgIpc) is 3.99. The largest absolute Gasteiger partial charge is 0.347 e. The Balaban J connectivity index is 1.33. The number of carbonyl (C=O) groups is 5. The minimum atomic E-state index is -3.69. The van der Waals surface area contributed by atoms with E-state index in [9.17, 15) is 32.4 Å². The van der Waals surface area contributed by atoms with Gasteiger partial charge in [-0.2, -0.15) is 0 Å². The van der Waals surface area contributed by atoms with Crippen molar-refractivity contribution in [2.75, 3.05) is 19.3 Å². The van der Waals surface area contributed by atoms with Crippen molar-refractivity contribution in [2.24, 2.45) is 28.6 Å². The molecule has 0 aromatic carbocycles. The normalized spacial score (nSPS) is 26.5. The Hall–Kier alpha value is -2.74. The van der Waals surface area contributed by atoms with Gasteiger partial charge >= 0.3 is 6.03 Å². The lowest BCUT2D eigenvalue weighted by Crippen LogP contribution is -2.64. The van der Waals surface area contributed by atoms with Crippen LogP contribution in [0.1, 0.15) is 119 Å². The van der Waals surface area contributed by atoms with Gasteiger partial charge in [0.1, 0.15) is 12.1 Å². The number of nitrogens with one attached hydrogen (secondary N) is 4. The molecule has 13 nitrogen and oxygen atoms in total. The maximum Gasteiger partial charge on any atom is 0.315 e. The van der Waals surface area contributed by atoms with E-state index >= 15 is 0 Å². The molecule has 0 aromatic rings. The molecule has 1 aliphatic heterocycles. The van der Waals surface area contributed by atoms with E-state index in [0.717, 1.165) is 51.4 Å². The van der Waals surface area contributed by atoms with Gasteiger partial charge in [0.05, 0.1) is 17.3 Å². The molecule has 1 saturated heterocycles. The number of sulfonamides is 1. The van der Waals surface area contributed by atoms with Crippen molar-refractivity contribution in [3.8, 4) is 0 Å². The molecule has 0 spiro atoms. The molecule has 288 valence electrons. The van der Waals surface area contributed by atoms with Crippen LogP contribution < -0.4 is 21.3 Å². The second-order valence-electron chi connectivity index (χ2n) is 18.2. The van der Waals surface area contributed by atoms with Gasteiger partial charge < -0.3 is 26.2 Å². The first-order valence-corrected chi connectivity index (χ1v) is 20.8. The molecular weight excluding hydrogens is 673 g/mol. The summed E-state index contributed by atoms with van der Waals surface area (Å²) in [5.74, 6) is -1.99. The summed E-state index contributed by atoms with van der Waals surface area (Å²) >= 11 is 0. The summed E-state index contributed by atoms with van der Waals surface area (Å²) in [5, 5.41) is 11.6. The van der Waals surface area contributed by atoms with Crippen LogP contribution in [0.25, 0.3) is 0 Å². The van der Waals surface area contributed by atoms with Gasteiger partial charge in [-0.3, -0.25) is 19.2 Å². The minimum absolute atomic E-state index is 0.00926. The molecular formula is C37H62N6O7S. The summed E-state index contributed by atoms with van der Waals surface area (Å²) in [6.45, 7) is 13.6. The number of ketones is 1. The highest BCUT2D eigenvalue weighted by Crippen LogP contribution is 2.65. The smallest absolute Gasteiger partial charge is 0.315 e. The molecule has 5 amide bonds. The van der Waals surface area contributed by atoms with Gasteiger partial charge in [0.25, 0.3) is 5.91 Å². The Morgan fingerprint density at radius 2 is 1.57 bits per heavy atom. The van der Waals surface area contributed by atoms with Crippen molar-refractivity contribution < 1.29 is 32.4 Å². The second kappa shape index (κ2) is 14.6. The summed E-state index contributed by atoms with van der Waals surface area (Å²) < 4.78 is 28.1. The molecule has 0 radical (unpaired) electrons. The van der Waals surface area contributed by atoms with E-state index in [-0.39, 0.29) is 35.1 Å². The molecule has 51 heavy (non-hydrogen) atoms. The highest BCUT2D eigenvalue weighted by molar-refractivity contribution is 7.89. The van der Waals surface area contributed by atoms with Gasteiger partial charge in [-0.1, -0.05) is 66.7 Å². The highest BCUT2D eigenvalue weighted by Gasteiger charge is 2.70. The first-order valence-electron chi connectivity index (χ1n) is 19.2. The number of urea groups is 1. The molecule has 0 bridgehead atoms. The van der Waals surface area contributed by atoms with E-state index in [0.29, 0.717) is 31.7 Å². The Kier molecular flexibility index (Phi) is 11.3. The number of amides is 5. The van der Waals surface area contributed by atoms with Gasteiger partial charge in [-0.05, 0) is 81.0 Å². The van der Waals surface area contributed by atoms with Crippen LogP contribution >= 0.6 is 0 Å². The van der Waals surface area contributed by atoms with Gasteiger partial charge in [0.15, 0.2) is 0 Å². The predicted octanol–water partition coefficient (Wildman–Crippen LogP) is 3.08. The standard InChI is InChI=1S/C37H62N6O7S/c1-22(2)42(8)51(49,50)21-37(18-10-9-11-19-37)41-34(48)40-30(35(3,4)5)33(47)43-20-25-27(36(25,6)7)28(43)31(45)39-26(17-14-23-12-13-23)29(44)32(46)38-24-15-16-24/h22-28,30H,9-21H2,1-8H3,(H,38,46)(H,39,45)(H2,40,41,48). The van der Waals surface area contributed by atoms with Crippen LogP contribution in [0.3, 0.4) is 0 Å². The van der Waals surface area contributed by atoms with E-state index in [2.05, 4.69) is 35.1 Å². The molecule has 5 rings (SSSR count). The van der Waals surface area contributed by atoms with Crippen LogP contribution in [-0.4, -0.2) is 102 Å². The fraction of sp³-hybridized carbons (Fsp3) is 0.865. The van der Waals surface area contributed by atoms with Crippen molar-refractivity contribution in [3.05, 3.63) is 0 Å². The number of carbonyl (C=O) groups excluding carboxylic acids is 5. The van der Waals surface area contributed by atoms with Crippen LogP contribution in [-0.2, 0) is 29.2 Å². The van der Waals surface area contributed by atoms with Gasteiger partial charge in [0, 0.05) is 25.7 Å². The fourth-order valence-electron chi connectivity index (χ4n) is 8.32. The summed E-state index contributed by atoms with van der Waals surface area (Å²) in [4.78, 5) is 70.2. The van der Waals surface area contributed by atoms with Crippen LogP contribution in [0.15, 0.2) is 0 Å². The van der Waals surface area contributed by atoms with Crippen molar-refractivity contribution in [1.29, 1.82) is 0 Å². The Morgan fingerprint density at radius 3 is 2.12 bits per heavy atom. The van der Waals surface area contributed by atoms with Crippen molar-refractivity contribution in [1.82, 2.24) is 30.5 Å². The number of fused-ring (bicyclic) bond motifs is 1. The Bertz CT molecular complexity index is 1480. The van der Waals surface area contributed by atoms with Crippen LogP contribution in [0.5, 0.6) is 0 Å². The molecule has 4 saturated carbocycles. The molecule has 4 aliphatic carbocycles. The van der Waals surface area contributed by atoms with Crippen molar-refractivity contribution in [2.45, 2.75) is 155 Å². The lowest BCUT2D eigenvalue weighted by Gasteiger charge is -2.41. The molecule has 5 atom stereocenters. The molecule has 5 aliphatic rings. The monoisotopic (exact) mass is 734 g/mol. The van der Waals surface area contributed by atoms with E-state index in [4.69, 9.17) is 0 Å². The Morgan fingerprint density at radius 1 is 0.941 bits per heavy atom. The predicted molar refractivity (Wildman–Crippen MR) is 194 cm³/mol. The lowest BCUT2D eigenvalue weighted by molar-refractivity contribution is -0.145. The van der Waals surface area contributed by atoms with E-state index < -0.39 is 68.6 Å². The molecule has 0 aromatic heterocycles. The minimum Gasteiger partial charge on any atom is -0.347 e. The average molecular weight is 735 g/mol. The number of hydrogen-bond donors (Lipinski definition) is 4. The Labute approximate surface area is 304 Å². The zero-order chi connectivity index (χ0) is 37.7. The van der Waals surface area contributed by atoms with E-state index in [1.165, 1.54) is 4.31 Å². The third kappa shape index (κ3) is 9.08. The van der Waals surface area contributed by atoms with Gasteiger partial charge in [-0.15, -0.1) is 0 Å². The third-order valence-electron chi connectivity index (χ3n) is 12.3. The lowest BCUT2D eigenvalue weighted by atomic mass is 9.83. The summed E-state index contributed by atoms with van der Waals surface area (Å²) in [6, 6.07) is -3.71. The van der Waals surface area contributed by atoms with E-state index in [1.54, 1.807) is 25.8 Å². The topological polar surface area (TPSA) is 174 Å². The molecule has 5 fully saturated rings. The molecule has 1 heterocycles.